The molecule has 11 aromatic rings. The van der Waals surface area contributed by atoms with Crippen LogP contribution < -0.4 is 0 Å². The van der Waals surface area contributed by atoms with Crippen LogP contribution in [0.4, 0.5) is 0 Å². The Kier molecular flexibility index (Phi) is 7.14. The van der Waals surface area contributed by atoms with Crippen LogP contribution >= 0.6 is 0 Å². The van der Waals surface area contributed by atoms with Gasteiger partial charge in [0.25, 0.3) is 0 Å². The van der Waals surface area contributed by atoms with Gasteiger partial charge in [0.05, 0.1) is 0 Å². The highest BCUT2D eigenvalue weighted by Crippen LogP contribution is 2.44. The molecular weight excluding hydrogens is 671 g/mol. The maximum absolute atomic E-state index is 6.98. The zero-order valence-electron chi connectivity index (χ0n) is 29.6. The number of aromatic nitrogens is 3. The molecule has 0 spiro atoms. The van der Waals surface area contributed by atoms with Crippen molar-refractivity contribution >= 4 is 54.3 Å². The normalized spacial score (nSPS) is 11.6. The van der Waals surface area contributed by atoms with Crippen molar-refractivity contribution in [3.8, 4) is 56.4 Å². The second-order valence-corrected chi connectivity index (χ2v) is 13.9. The van der Waals surface area contributed by atoms with Crippen LogP contribution in [0.15, 0.2) is 192 Å². The predicted molar refractivity (Wildman–Crippen MR) is 227 cm³/mol. The van der Waals surface area contributed by atoms with Crippen molar-refractivity contribution in [2.75, 3.05) is 0 Å². The van der Waals surface area contributed by atoms with Gasteiger partial charge in [-0.3, -0.25) is 0 Å². The second-order valence-electron chi connectivity index (χ2n) is 13.9. The number of furan rings is 1. The van der Waals surface area contributed by atoms with E-state index < -0.39 is 0 Å². The zero-order chi connectivity index (χ0) is 36.3. The number of para-hydroxylation sites is 1. The van der Waals surface area contributed by atoms with Gasteiger partial charge in [-0.1, -0.05) is 176 Å². The molecule has 0 unspecified atom stereocenters. The molecule has 0 aliphatic heterocycles. The van der Waals surface area contributed by atoms with E-state index >= 15 is 0 Å². The summed E-state index contributed by atoms with van der Waals surface area (Å²) in [4.78, 5) is 15.4. The summed E-state index contributed by atoms with van der Waals surface area (Å²) in [6.45, 7) is 0. The number of nitrogens with zero attached hydrogens (tertiary/aromatic N) is 3. The lowest BCUT2D eigenvalue weighted by Crippen LogP contribution is -2.00. The molecule has 0 saturated heterocycles. The van der Waals surface area contributed by atoms with E-state index in [1.807, 2.05) is 30.3 Å². The highest BCUT2D eigenvalue weighted by molar-refractivity contribution is 6.21. The molecule has 0 atom stereocenters. The van der Waals surface area contributed by atoms with Crippen molar-refractivity contribution in [2.45, 2.75) is 0 Å². The molecule has 9 aromatic carbocycles. The average molecular weight is 702 g/mol. The van der Waals surface area contributed by atoms with Crippen molar-refractivity contribution in [1.82, 2.24) is 15.0 Å². The van der Waals surface area contributed by atoms with Crippen molar-refractivity contribution in [3.05, 3.63) is 188 Å². The van der Waals surface area contributed by atoms with Crippen molar-refractivity contribution < 1.29 is 4.42 Å². The Morgan fingerprint density at radius 1 is 0.273 bits per heavy atom. The van der Waals surface area contributed by atoms with Gasteiger partial charge in [0.1, 0.15) is 11.2 Å². The van der Waals surface area contributed by atoms with E-state index in [9.17, 15) is 0 Å². The Morgan fingerprint density at radius 3 is 1.58 bits per heavy atom. The molecule has 11 rings (SSSR count). The van der Waals surface area contributed by atoms with Crippen LogP contribution in [-0.2, 0) is 0 Å². The van der Waals surface area contributed by atoms with Gasteiger partial charge in [-0.25, -0.2) is 15.0 Å². The Hall–Kier alpha value is -7.43. The third kappa shape index (κ3) is 5.19. The zero-order valence-corrected chi connectivity index (χ0v) is 29.6. The number of rotatable bonds is 5. The van der Waals surface area contributed by atoms with Crippen molar-refractivity contribution in [3.63, 3.8) is 0 Å². The molecule has 4 heteroatoms. The summed E-state index contributed by atoms with van der Waals surface area (Å²) in [7, 11) is 0. The first-order chi connectivity index (χ1) is 27.3. The van der Waals surface area contributed by atoms with E-state index in [2.05, 4.69) is 158 Å². The number of benzene rings is 9. The van der Waals surface area contributed by atoms with Crippen molar-refractivity contribution in [1.29, 1.82) is 0 Å². The van der Waals surface area contributed by atoms with Crippen LogP contribution in [0.3, 0.4) is 0 Å². The first kappa shape index (κ1) is 31.1. The van der Waals surface area contributed by atoms with Gasteiger partial charge in [0.15, 0.2) is 17.5 Å². The molecule has 0 radical (unpaired) electrons. The minimum atomic E-state index is 0.614. The summed E-state index contributed by atoms with van der Waals surface area (Å²) in [6.07, 6.45) is 0. The van der Waals surface area contributed by atoms with Crippen molar-refractivity contribution in [2.24, 2.45) is 0 Å². The van der Waals surface area contributed by atoms with E-state index in [0.717, 1.165) is 65.9 Å². The van der Waals surface area contributed by atoms with E-state index in [1.165, 1.54) is 27.3 Å². The van der Waals surface area contributed by atoms with Crippen LogP contribution in [0.1, 0.15) is 0 Å². The molecule has 0 saturated carbocycles. The van der Waals surface area contributed by atoms with Crippen LogP contribution in [0, 0.1) is 0 Å². The molecule has 2 heterocycles. The molecular formula is C51H31N3O. The molecule has 0 N–H and O–H groups in total. The summed E-state index contributed by atoms with van der Waals surface area (Å²) in [5.74, 6) is 1.87. The SMILES string of the molecule is c1ccc(-c2nc(-c3ccc4ccccc4c3)nc(-c3cc4c5cccc(-c6ccc(-c7ccccc7)c7ccccc67)c5oc4c4ccccc34)n2)cc1. The second kappa shape index (κ2) is 12.6. The minimum absolute atomic E-state index is 0.614. The van der Waals surface area contributed by atoms with E-state index in [1.54, 1.807) is 0 Å². The maximum Gasteiger partial charge on any atom is 0.164 e. The van der Waals surface area contributed by atoms with Gasteiger partial charge in [0.2, 0.25) is 0 Å². The van der Waals surface area contributed by atoms with E-state index in [0.29, 0.717) is 17.5 Å². The molecule has 0 aliphatic carbocycles. The van der Waals surface area contributed by atoms with Gasteiger partial charge in [0, 0.05) is 38.4 Å². The highest BCUT2D eigenvalue weighted by Gasteiger charge is 2.21. The van der Waals surface area contributed by atoms with Gasteiger partial charge in [-0.15, -0.1) is 0 Å². The Morgan fingerprint density at radius 2 is 0.818 bits per heavy atom. The number of fused-ring (bicyclic) bond motifs is 7. The van der Waals surface area contributed by atoms with Crippen LogP contribution in [0.5, 0.6) is 0 Å². The Balaban J connectivity index is 1.15. The topological polar surface area (TPSA) is 51.8 Å². The van der Waals surface area contributed by atoms with Crippen LogP contribution in [-0.4, -0.2) is 15.0 Å². The first-order valence-corrected chi connectivity index (χ1v) is 18.5. The fourth-order valence-corrected chi connectivity index (χ4v) is 8.09. The quantitative estimate of drug-likeness (QED) is 0.179. The Labute approximate surface area is 317 Å². The summed E-state index contributed by atoms with van der Waals surface area (Å²) >= 11 is 0. The summed E-state index contributed by atoms with van der Waals surface area (Å²) < 4.78 is 6.98. The van der Waals surface area contributed by atoms with Crippen LogP contribution in [0.2, 0.25) is 0 Å². The molecule has 0 aliphatic rings. The molecule has 0 bridgehead atoms. The van der Waals surface area contributed by atoms with Gasteiger partial charge >= 0.3 is 0 Å². The largest absolute Gasteiger partial charge is 0.455 e. The molecule has 4 nitrogen and oxygen atoms in total. The smallest absolute Gasteiger partial charge is 0.164 e. The summed E-state index contributed by atoms with van der Waals surface area (Å²) in [5, 5.41) is 8.79. The molecule has 55 heavy (non-hydrogen) atoms. The maximum atomic E-state index is 6.98. The third-order valence-electron chi connectivity index (χ3n) is 10.7. The minimum Gasteiger partial charge on any atom is -0.455 e. The monoisotopic (exact) mass is 701 g/mol. The van der Waals surface area contributed by atoms with E-state index in [4.69, 9.17) is 19.4 Å². The summed E-state index contributed by atoms with van der Waals surface area (Å²) in [6, 6.07) is 65.7. The van der Waals surface area contributed by atoms with Crippen LogP contribution in [0.25, 0.3) is 111 Å². The lowest BCUT2D eigenvalue weighted by Gasteiger charge is -2.12. The molecule has 2 aromatic heterocycles. The third-order valence-corrected chi connectivity index (χ3v) is 10.7. The predicted octanol–water partition coefficient (Wildman–Crippen LogP) is 13.6. The standard InChI is InChI=1S/C51H31N3O/c1-3-15-33(16-4-1)37-28-29-41(39-21-10-9-20-38(37)39)43-24-13-25-44-45-31-46(40-22-11-12-23-42(40)48(45)55-47(43)44)51-53-49(34-17-5-2-6-18-34)52-50(54-51)36-27-26-32-14-7-8-19-35(32)30-36/h1-31H. The van der Waals surface area contributed by atoms with Gasteiger partial charge < -0.3 is 4.42 Å². The fraction of sp³-hybridized carbons (Fsp3) is 0. The molecule has 0 fully saturated rings. The van der Waals surface area contributed by atoms with Gasteiger partial charge in [-0.2, -0.15) is 0 Å². The first-order valence-electron chi connectivity index (χ1n) is 18.5. The summed E-state index contributed by atoms with van der Waals surface area (Å²) in [5.41, 5.74) is 9.10. The highest BCUT2D eigenvalue weighted by atomic mass is 16.3. The lowest BCUT2D eigenvalue weighted by molar-refractivity contribution is 0.674. The number of hydrogen-bond acceptors (Lipinski definition) is 4. The lowest BCUT2D eigenvalue weighted by atomic mass is 9.91. The van der Waals surface area contributed by atoms with E-state index in [-0.39, 0.29) is 0 Å². The van der Waals surface area contributed by atoms with Gasteiger partial charge in [-0.05, 0) is 55.8 Å². The fourth-order valence-electron chi connectivity index (χ4n) is 8.09. The molecule has 0 amide bonds. The molecule has 256 valence electrons. The number of hydrogen-bond donors (Lipinski definition) is 0. The average Bonchev–Trinajstić information content (AvgIpc) is 3.65. The Bertz CT molecular complexity index is 3260.